The van der Waals surface area contributed by atoms with Gasteiger partial charge in [0.2, 0.25) is 5.91 Å². The third kappa shape index (κ3) is 4.86. The predicted molar refractivity (Wildman–Crippen MR) is 82.9 cm³/mol. The van der Waals surface area contributed by atoms with E-state index in [1.807, 2.05) is 19.1 Å². The number of amides is 1. The zero-order valence-electron chi connectivity index (χ0n) is 13.1. The highest BCUT2D eigenvalue weighted by molar-refractivity contribution is 5.81. The van der Waals surface area contributed by atoms with Gasteiger partial charge in [-0.25, -0.2) is 0 Å². The van der Waals surface area contributed by atoms with Crippen LogP contribution in [0.4, 0.5) is 0 Å². The zero-order valence-corrected chi connectivity index (χ0v) is 13.1. The van der Waals surface area contributed by atoms with Gasteiger partial charge in [-0.3, -0.25) is 9.69 Å². The third-order valence-electron chi connectivity index (χ3n) is 4.18. The van der Waals surface area contributed by atoms with Crippen LogP contribution in [0, 0.1) is 5.92 Å². The molecule has 118 valence electrons. The van der Waals surface area contributed by atoms with Crippen molar-refractivity contribution in [3.8, 4) is 0 Å². The average molecular weight is 293 g/mol. The monoisotopic (exact) mass is 293 g/mol. The summed E-state index contributed by atoms with van der Waals surface area (Å²) in [7, 11) is 0. The number of likely N-dealkylation sites (tertiary alicyclic amines) is 1. The lowest BCUT2D eigenvalue weighted by Gasteiger charge is -2.36. The first-order chi connectivity index (χ1) is 10.2. The second kappa shape index (κ2) is 8.20. The Balaban J connectivity index is 1.77. The molecule has 0 saturated carbocycles. The Morgan fingerprint density at radius 2 is 2.43 bits per heavy atom. The number of hydrogen-bond donors (Lipinski definition) is 2. The molecule has 2 atom stereocenters. The molecule has 1 amide bonds. The number of furan rings is 1. The van der Waals surface area contributed by atoms with Crippen molar-refractivity contribution < 1.29 is 9.21 Å². The van der Waals surface area contributed by atoms with Crippen LogP contribution in [-0.2, 0) is 11.3 Å². The largest absolute Gasteiger partial charge is 0.467 e. The smallest absolute Gasteiger partial charge is 0.237 e. The Labute approximate surface area is 127 Å². The molecule has 1 aliphatic heterocycles. The number of nitrogens with zero attached hydrogens (tertiary/aromatic N) is 1. The van der Waals surface area contributed by atoms with Gasteiger partial charge in [0, 0.05) is 6.54 Å². The van der Waals surface area contributed by atoms with Crippen LogP contribution >= 0.6 is 0 Å². The van der Waals surface area contributed by atoms with E-state index in [2.05, 4.69) is 22.5 Å². The number of carbonyl (C=O) groups is 1. The van der Waals surface area contributed by atoms with Gasteiger partial charge in [-0.1, -0.05) is 6.92 Å². The SMILES string of the molecule is CCNCC1CCCN(C(C)C(=O)NCc2ccco2)C1. The molecule has 1 saturated heterocycles. The standard InChI is InChI=1S/C16H27N3O2/c1-3-17-10-14-6-4-8-19(12-14)13(2)16(20)18-11-15-7-5-9-21-15/h5,7,9,13-14,17H,3-4,6,8,10-12H2,1-2H3,(H,18,20). The molecule has 2 heterocycles. The maximum atomic E-state index is 12.2. The van der Waals surface area contributed by atoms with Crippen molar-refractivity contribution in [3.05, 3.63) is 24.2 Å². The Bertz CT molecular complexity index is 419. The van der Waals surface area contributed by atoms with Gasteiger partial charge < -0.3 is 15.1 Å². The first-order valence-electron chi connectivity index (χ1n) is 7.95. The lowest BCUT2D eigenvalue weighted by Crippen LogP contribution is -2.50. The van der Waals surface area contributed by atoms with Gasteiger partial charge in [0.25, 0.3) is 0 Å². The van der Waals surface area contributed by atoms with E-state index in [9.17, 15) is 4.79 Å². The van der Waals surface area contributed by atoms with Crippen LogP contribution in [0.15, 0.2) is 22.8 Å². The van der Waals surface area contributed by atoms with Gasteiger partial charge >= 0.3 is 0 Å². The minimum atomic E-state index is -0.0793. The molecule has 2 N–H and O–H groups in total. The van der Waals surface area contributed by atoms with Crippen molar-refractivity contribution in [1.29, 1.82) is 0 Å². The van der Waals surface area contributed by atoms with Gasteiger partial charge in [0.1, 0.15) is 5.76 Å². The van der Waals surface area contributed by atoms with Crippen molar-refractivity contribution in [2.45, 2.75) is 39.3 Å². The van der Waals surface area contributed by atoms with E-state index in [4.69, 9.17) is 4.42 Å². The summed E-state index contributed by atoms with van der Waals surface area (Å²) >= 11 is 0. The molecular formula is C16H27N3O2. The molecule has 1 aromatic heterocycles. The summed E-state index contributed by atoms with van der Waals surface area (Å²) in [6.45, 7) is 8.66. The first kappa shape index (κ1) is 16.0. The summed E-state index contributed by atoms with van der Waals surface area (Å²) in [6.07, 6.45) is 4.05. The van der Waals surface area contributed by atoms with Crippen molar-refractivity contribution in [3.63, 3.8) is 0 Å². The maximum absolute atomic E-state index is 12.2. The molecule has 0 radical (unpaired) electrons. The normalized spacial score (nSPS) is 21.1. The molecule has 0 aromatic carbocycles. The van der Waals surface area contributed by atoms with Crippen LogP contribution in [0.25, 0.3) is 0 Å². The second-order valence-corrected chi connectivity index (χ2v) is 5.78. The molecule has 21 heavy (non-hydrogen) atoms. The highest BCUT2D eigenvalue weighted by Crippen LogP contribution is 2.18. The van der Waals surface area contributed by atoms with E-state index in [1.165, 1.54) is 12.8 Å². The van der Waals surface area contributed by atoms with Crippen LogP contribution in [0.3, 0.4) is 0 Å². The van der Waals surface area contributed by atoms with Gasteiger partial charge in [-0.2, -0.15) is 0 Å². The third-order valence-corrected chi connectivity index (χ3v) is 4.18. The van der Waals surface area contributed by atoms with E-state index < -0.39 is 0 Å². The Hall–Kier alpha value is -1.33. The minimum Gasteiger partial charge on any atom is -0.467 e. The van der Waals surface area contributed by atoms with Gasteiger partial charge in [-0.15, -0.1) is 0 Å². The Morgan fingerprint density at radius 1 is 1.57 bits per heavy atom. The zero-order chi connectivity index (χ0) is 15.1. The molecule has 1 aromatic rings. The fraction of sp³-hybridized carbons (Fsp3) is 0.688. The minimum absolute atomic E-state index is 0.0792. The van der Waals surface area contributed by atoms with Gasteiger partial charge in [0.15, 0.2) is 0 Å². The van der Waals surface area contributed by atoms with Gasteiger partial charge in [0.05, 0.1) is 18.8 Å². The van der Waals surface area contributed by atoms with E-state index in [0.29, 0.717) is 12.5 Å². The van der Waals surface area contributed by atoms with E-state index in [1.54, 1.807) is 6.26 Å². The summed E-state index contributed by atoms with van der Waals surface area (Å²) in [4.78, 5) is 14.5. The highest BCUT2D eigenvalue weighted by Gasteiger charge is 2.27. The summed E-state index contributed by atoms with van der Waals surface area (Å²) < 4.78 is 5.23. The summed E-state index contributed by atoms with van der Waals surface area (Å²) in [6, 6.07) is 3.63. The fourth-order valence-electron chi connectivity index (χ4n) is 2.87. The quantitative estimate of drug-likeness (QED) is 0.802. The van der Waals surface area contributed by atoms with Crippen molar-refractivity contribution >= 4 is 5.91 Å². The van der Waals surface area contributed by atoms with Crippen LogP contribution in [0.2, 0.25) is 0 Å². The summed E-state index contributed by atoms with van der Waals surface area (Å²) in [5.74, 6) is 1.52. The van der Waals surface area contributed by atoms with E-state index >= 15 is 0 Å². The predicted octanol–water partition coefficient (Wildman–Crippen LogP) is 1.61. The molecule has 0 aliphatic carbocycles. The number of piperidine rings is 1. The van der Waals surface area contributed by atoms with Crippen molar-refractivity contribution in [1.82, 2.24) is 15.5 Å². The first-order valence-corrected chi connectivity index (χ1v) is 7.95. The number of carbonyl (C=O) groups excluding carboxylic acids is 1. The number of rotatable bonds is 7. The lowest BCUT2D eigenvalue weighted by atomic mass is 9.96. The van der Waals surface area contributed by atoms with E-state index in [0.717, 1.165) is 31.9 Å². The summed E-state index contributed by atoms with van der Waals surface area (Å²) in [5.41, 5.74) is 0. The van der Waals surface area contributed by atoms with Crippen molar-refractivity contribution in [2.75, 3.05) is 26.2 Å². The molecule has 2 unspecified atom stereocenters. The Morgan fingerprint density at radius 3 is 3.14 bits per heavy atom. The van der Waals surface area contributed by atoms with Crippen LogP contribution < -0.4 is 10.6 Å². The van der Waals surface area contributed by atoms with Crippen LogP contribution in [-0.4, -0.2) is 43.0 Å². The number of hydrogen-bond acceptors (Lipinski definition) is 4. The Kier molecular flexibility index (Phi) is 6.26. The summed E-state index contributed by atoms with van der Waals surface area (Å²) in [5, 5.41) is 6.36. The average Bonchev–Trinajstić information content (AvgIpc) is 3.03. The van der Waals surface area contributed by atoms with Gasteiger partial charge in [-0.05, 0) is 57.5 Å². The molecule has 5 nitrogen and oxygen atoms in total. The molecule has 5 heteroatoms. The van der Waals surface area contributed by atoms with E-state index in [-0.39, 0.29) is 11.9 Å². The molecular weight excluding hydrogens is 266 g/mol. The fourth-order valence-corrected chi connectivity index (χ4v) is 2.87. The van der Waals surface area contributed by atoms with Crippen LogP contribution in [0.1, 0.15) is 32.4 Å². The van der Waals surface area contributed by atoms with Crippen LogP contribution in [0.5, 0.6) is 0 Å². The second-order valence-electron chi connectivity index (χ2n) is 5.78. The highest BCUT2D eigenvalue weighted by atomic mass is 16.3. The molecule has 0 spiro atoms. The molecule has 2 rings (SSSR count). The molecule has 0 bridgehead atoms. The maximum Gasteiger partial charge on any atom is 0.237 e. The molecule has 1 aliphatic rings. The lowest BCUT2D eigenvalue weighted by molar-refractivity contribution is -0.126. The van der Waals surface area contributed by atoms with Crippen molar-refractivity contribution in [2.24, 2.45) is 5.92 Å². The topological polar surface area (TPSA) is 57.5 Å². The molecule has 1 fully saturated rings. The number of nitrogens with one attached hydrogen (secondary N) is 2.